The average Bonchev–Trinajstić information content (AvgIpc) is 2.35. The van der Waals surface area contributed by atoms with Crippen molar-refractivity contribution in [2.45, 2.75) is 39.0 Å². The van der Waals surface area contributed by atoms with E-state index >= 15 is 0 Å². The first-order valence-corrected chi connectivity index (χ1v) is 6.84. The van der Waals surface area contributed by atoms with Gasteiger partial charge in [-0.2, -0.15) is 0 Å². The molecule has 0 saturated heterocycles. The van der Waals surface area contributed by atoms with Crippen LogP contribution in [0.25, 0.3) is 0 Å². The summed E-state index contributed by atoms with van der Waals surface area (Å²) in [6.07, 6.45) is 4.31. The first-order valence-electron chi connectivity index (χ1n) is 6.84. The van der Waals surface area contributed by atoms with Crippen LogP contribution in [0, 0.1) is 0 Å². The molecule has 18 heavy (non-hydrogen) atoms. The summed E-state index contributed by atoms with van der Waals surface area (Å²) < 4.78 is 5.10. The molecule has 5 heteroatoms. The van der Waals surface area contributed by atoms with Crippen molar-refractivity contribution in [2.75, 3.05) is 39.5 Å². The topological polar surface area (TPSA) is 70.0 Å². The molecule has 0 aliphatic rings. The number of carbonyl (C=O) groups excluding carboxylic acids is 1. The maximum Gasteiger partial charge on any atom is 0.305 e. The maximum absolute atomic E-state index is 11.3. The molecule has 0 aromatic heterocycles. The third-order valence-electron chi connectivity index (χ3n) is 2.70. The molecule has 0 amide bonds. The van der Waals surface area contributed by atoms with Crippen LogP contribution in [0.4, 0.5) is 0 Å². The smallest absolute Gasteiger partial charge is 0.305 e. The molecule has 0 spiro atoms. The first-order chi connectivity index (χ1) is 8.74. The fourth-order valence-corrected chi connectivity index (χ4v) is 1.68. The molecule has 0 fully saturated rings. The number of aliphatic hydroxyl groups is 2. The third kappa shape index (κ3) is 10.5. The lowest BCUT2D eigenvalue weighted by Crippen LogP contribution is -2.31. The number of aliphatic hydroxyl groups excluding tert-OH is 2. The summed E-state index contributed by atoms with van der Waals surface area (Å²) in [4.78, 5) is 13.2. The summed E-state index contributed by atoms with van der Waals surface area (Å²) in [7, 11) is 0. The standard InChI is InChI=1S/C13H27NO4/c1-2-3-4-6-13(17)18-12-5-7-14(8-10-15)9-11-16/h15-16H,2-12H2,1H3. The minimum atomic E-state index is -0.126. The Morgan fingerprint density at radius 2 is 1.72 bits per heavy atom. The molecule has 0 aliphatic carbocycles. The average molecular weight is 261 g/mol. The molecule has 0 saturated carbocycles. The van der Waals surface area contributed by atoms with E-state index in [0.717, 1.165) is 32.2 Å². The van der Waals surface area contributed by atoms with Crippen LogP contribution >= 0.6 is 0 Å². The molecule has 0 heterocycles. The molecule has 0 aromatic rings. The Hall–Kier alpha value is -0.650. The van der Waals surface area contributed by atoms with Gasteiger partial charge in [0.25, 0.3) is 0 Å². The van der Waals surface area contributed by atoms with Crippen LogP contribution < -0.4 is 0 Å². The molecule has 108 valence electrons. The van der Waals surface area contributed by atoms with Gasteiger partial charge in [-0.3, -0.25) is 9.69 Å². The largest absolute Gasteiger partial charge is 0.466 e. The SMILES string of the molecule is CCCCCC(=O)OCCCN(CCO)CCO. The van der Waals surface area contributed by atoms with Gasteiger partial charge < -0.3 is 14.9 Å². The van der Waals surface area contributed by atoms with Gasteiger partial charge in [-0.05, 0) is 12.8 Å². The Morgan fingerprint density at radius 1 is 1.06 bits per heavy atom. The predicted molar refractivity (Wildman–Crippen MR) is 70.3 cm³/mol. The summed E-state index contributed by atoms with van der Waals surface area (Å²) >= 11 is 0. The van der Waals surface area contributed by atoms with Gasteiger partial charge in [0, 0.05) is 26.1 Å². The number of esters is 1. The molecule has 0 atom stereocenters. The van der Waals surface area contributed by atoms with E-state index in [2.05, 4.69) is 6.92 Å². The molecular formula is C13H27NO4. The zero-order valence-electron chi connectivity index (χ0n) is 11.4. The summed E-state index contributed by atoms with van der Waals surface area (Å²) in [5, 5.41) is 17.6. The van der Waals surface area contributed by atoms with Crippen molar-refractivity contribution in [3.63, 3.8) is 0 Å². The second-order valence-corrected chi connectivity index (χ2v) is 4.32. The highest BCUT2D eigenvalue weighted by Crippen LogP contribution is 2.01. The van der Waals surface area contributed by atoms with E-state index in [1.54, 1.807) is 0 Å². The minimum absolute atomic E-state index is 0.0802. The highest BCUT2D eigenvalue weighted by molar-refractivity contribution is 5.69. The lowest BCUT2D eigenvalue weighted by Gasteiger charge is -2.19. The molecule has 0 radical (unpaired) electrons. The zero-order chi connectivity index (χ0) is 13.6. The highest BCUT2D eigenvalue weighted by Gasteiger charge is 2.05. The van der Waals surface area contributed by atoms with Gasteiger partial charge >= 0.3 is 5.97 Å². The van der Waals surface area contributed by atoms with Gasteiger partial charge in [0.05, 0.1) is 19.8 Å². The third-order valence-corrected chi connectivity index (χ3v) is 2.70. The minimum Gasteiger partial charge on any atom is -0.466 e. The number of rotatable bonds is 12. The number of ether oxygens (including phenoxy) is 1. The fourth-order valence-electron chi connectivity index (χ4n) is 1.68. The molecular weight excluding hydrogens is 234 g/mol. The quantitative estimate of drug-likeness (QED) is 0.401. The van der Waals surface area contributed by atoms with Gasteiger partial charge in [0.15, 0.2) is 0 Å². The number of nitrogens with zero attached hydrogens (tertiary/aromatic N) is 1. The lowest BCUT2D eigenvalue weighted by molar-refractivity contribution is -0.144. The molecule has 2 N–H and O–H groups in total. The van der Waals surface area contributed by atoms with E-state index in [1.807, 2.05) is 4.90 Å². The molecule has 0 aromatic carbocycles. The Balaban J connectivity index is 3.48. The van der Waals surface area contributed by atoms with Crippen molar-refractivity contribution in [1.29, 1.82) is 0 Å². The second kappa shape index (κ2) is 12.8. The van der Waals surface area contributed by atoms with Crippen molar-refractivity contribution in [3.8, 4) is 0 Å². The Labute approximate surface area is 110 Å². The zero-order valence-corrected chi connectivity index (χ0v) is 11.4. The lowest BCUT2D eigenvalue weighted by atomic mass is 10.2. The van der Waals surface area contributed by atoms with Crippen LogP contribution in [-0.2, 0) is 9.53 Å². The Morgan fingerprint density at radius 3 is 2.28 bits per heavy atom. The Kier molecular flexibility index (Phi) is 12.3. The molecule has 0 rings (SSSR count). The van der Waals surface area contributed by atoms with Crippen molar-refractivity contribution in [1.82, 2.24) is 4.90 Å². The van der Waals surface area contributed by atoms with E-state index in [0.29, 0.717) is 26.1 Å². The molecule has 5 nitrogen and oxygen atoms in total. The van der Waals surface area contributed by atoms with Crippen LogP contribution in [0.3, 0.4) is 0 Å². The van der Waals surface area contributed by atoms with Crippen LogP contribution in [-0.4, -0.2) is 60.5 Å². The monoisotopic (exact) mass is 261 g/mol. The summed E-state index contributed by atoms with van der Waals surface area (Å²) in [6, 6.07) is 0. The number of hydrogen-bond acceptors (Lipinski definition) is 5. The van der Waals surface area contributed by atoms with E-state index in [9.17, 15) is 4.79 Å². The fraction of sp³-hybridized carbons (Fsp3) is 0.923. The van der Waals surface area contributed by atoms with Crippen molar-refractivity contribution in [3.05, 3.63) is 0 Å². The van der Waals surface area contributed by atoms with E-state index in [1.165, 1.54) is 0 Å². The van der Waals surface area contributed by atoms with Crippen LogP contribution in [0.2, 0.25) is 0 Å². The summed E-state index contributed by atoms with van der Waals surface area (Å²) in [6.45, 7) is 4.49. The van der Waals surface area contributed by atoms with Gasteiger partial charge in [-0.25, -0.2) is 0 Å². The highest BCUT2D eigenvalue weighted by atomic mass is 16.5. The summed E-state index contributed by atoms with van der Waals surface area (Å²) in [5.74, 6) is -0.126. The van der Waals surface area contributed by atoms with E-state index in [4.69, 9.17) is 14.9 Å². The maximum atomic E-state index is 11.3. The van der Waals surface area contributed by atoms with Crippen molar-refractivity contribution >= 4 is 5.97 Å². The van der Waals surface area contributed by atoms with E-state index < -0.39 is 0 Å². The normalized spacial score (nSPS) is 10.9. The van der Waals surface area contributed by atoms with Crippen molar-refractivity contribution in [2.24, 2.45) is 0 Å². The van der Waals surface area contributed by atoms with Gasteiger partial charge in [0.1, 0.15) is 0 Å². The van der Waals surface area contributed by atoms with Gasteiger partial charge in [-0.1, -0.05) is 19.8 Å². The van der Waals surface area contributed by atoms with Crippen LogP contribution in [0.5, 0.6) is 0 Å². The first kappa shape index (κ1) is 17.4. The number of carbonyl (C=O) groups is 1. The van der Waals surface area contributed by atoms with Crippen LogP contribution in [0.15, 0.2) is 0 Å². The second-order valence-electron chi connectivity index (χ2n) is 4.32. The predicted octanol–water partition coefficient (Wildman–Crippen LogP) is 0.787. The van der Waals surface area contributed by atoms with Crippen LogP contribution in [0.1, 0.15) is 39.0 Å². The number of hydrogen-bond donors (Lipinski definition) is 2. The summed E-state index contributed by atoms with van der Waals surface area (Å²) in [5.41, 5.74) is 0. The molecule has 0 bridgehead atoms. The Bertz CT molecular complexity index is 193. The molecule has 0 unspecified atom stereocenters. The molecule has 0 aliphatic heterocycles. The van der Waals surface area contributed by atoms with Gasteiger partial charge in [-0.15, -0.1) is 0 Å². The van der Waals surface area contributed by atoms with Gasteiger partial charge in [0.2, 0.25) is 0 Å². The number of unbranched alkanes of at least 4 members (excludes halogenated alkanes) is 2. The van der Waals surface area contributed by atoms with E-state index in [-0.39, 0.29) is 19.2 Å². The van der Waals surface area contributed by atoms with Crippen molar-refractivity contribution < 1.29 is 19.7 Å².